The van der Waals surface area contributed by atoms with Gasteiger partial charge in [-0.05, 0) is 22.4 Å². The van der Waals surface area contributed by atoms with Crippen LogP contribution in [0.25, 0.3) is 16.8 Å². The molecule has 0 unspecified atom stereocenters. The number of carbonyl (C=O) groups is 2. The van der Waals surface area contributed by atoms with E-state index in [1.54, 1.807) is 6.08 Å². The van der Waals surface area contributed by atoms with E-state index in [4.69, 9.17) is 4.84 Å². The Bertz CT molecular complexity index is 705. The molecule has 0 aromatic heterocycles. The van der Waals surface area contributed by atoms with Crippen molar-refractivity contribution in [1.82, 2.24) is 5.06 Å². The minimum Gasteiger partial charge on any atom is -0.272 e. The maximum absolute atomic E-state index is 11.4. The van der Waals surface area contributed by atoms with Crippen molar-refractivity contribution in [3.8, 4) is 0 Å². The number of rotatable bonds is 4. The summed E-state index contributed by atoms with van der Waals surface area (Å²) in [4.78, 5) is 27.9. The highest BCUT2D eigenvalue weighted by molar-refractivity contribution is 6.00. The Morgan fingerprint density at radius 1 is 1.00 bits per heavy atom. The van der Waals surface area contributed by atoms with E-state index >= 15 is 0 Å². The van der Waals surface area contributed by atoms with Crippen molar-refractivity contribution >= 4 is 28.7 Å². The first-order valence-electron chi connectivity index (χ1n) is 6.88. The molecule has 2 aromatic carbocycles. The van der Waals surface area contributed by atoms with Gasteiger partial charge in [-0.1, -0.05) is 48.6 Å². The largest absolute Gasteiger partial charge is 0.272 e. The third-order valence-electron chi connectivity index (χ3n) is 3.39. The number of amides is 2. The summed E-state index contributed by atoms with van der Waals surface area (Å²) in [5.74, 6) is -0.529. The molecule has 0 aliphatic carbocycles. The second-order valence-corrected chi connectivity index (χ2v) is 4.89. The maximum atomic E-state index is 11.4. The van der Waals surface area contributed by atoms with Crippen molar-refractivity contribution in [2.24, 2.45) is 0 Å². The van der Waals surface area contributed by atoms with E-state index in [0.717, 1.165) is 10.6 Å². The Morgan fingerprint density at radius 2 is 1.71 bits per heavy atom. The average molecular weight is 281 g/mol. The van der Waals surface area contributed by atoms with Crippen LogP contribution in [0.2, 0.25) is 0 Å². The van der Waals surface area contributed by atoms with Crippen LogP contribution in [0, 0.1) is 0 Å². The lowest BCUT2D eigenvalue weighted by Crippen LogP contribution is -2.29. The second-order valence-electron chi connectivity index (χ2n) is 4.89. The predicted molar refractivity (Wildman–Crippen MR) is 80.0 cm³/mol. The monoisotopic (exact) mass is 281 g/mol. The smallest absolute Gasteiger partial charge is 0.254 e. The summed E-state index contributed by atoms with van der Waals surface area (Å²) in [6, 6.07) is 14.3. The zero-order chi connectivity index (χ0) is 14.7. The standard InChI is InChI=1S/C17H15NO3/c19-16-9-10-17(20)18(16)21-11-3-4-13-7-8-14-5-1-2-6-15(14)12-13/h1-8,12H,9-11H2/b4-3+. The Labute approximate surface area is 122 Å². The van der Waals surface area contributed by atoms with Gasteiger partial charge in [0.1, 0.15) is 0 Å². The van der Waals surface area contributed by atoms with Crippen LogP contribution in [0.5, 0.6) is 0 Å². The van der Waals surface area contributed by atoms with Gasteiger partial charge in [-0.2, -0.15) is 5.06 Å². The number of fused-ring (bicyclic) bond motifs is 1. The highest BCUT2D eigenvalue weighted by atomic mass is 16.7. The van der Waals surface area contributed by atoms with Gasteiger partial charge in [0.25, 0.3) is 11.8 Å². The van der Waals surface area contributed by atoms with Crippen LogP contribution in [0.1, 0.15) is 18.4 Å². The van der Waals surface area contributed by atoms with Crippen LogP contribution >= 0.6 is 0 Å². The molecule has 0 radical (unpaired) electrons. The molecule has 2 aromatic rings. The number of hydroxylamine groups is 2. The molecule has 21 heavy (non-hydrogen) atoms. The summed E-state index contributed by atoms with van der Waals surface area (Å²) >= 11 is 0. The van der Waals surface area contributed by atoms with Gasteiger partial charge < -0.3 is 0 Å². The third kappa shape index (κ3) is 3.01. The summed E-state index contributed by atoms with van der Waals surface area (Å²) in [6.07, 6.45) is 4.20. The molecular weight excluding hydrogens is 266 g/mol. The first-order chi connectivity index (χ1) is 10.2. The molecule has 0 N–H and O–H groups in total. The Kier molecular flexibility index (Phi) is 3.79. The molecule has 0 spiro atoms. The molecule has 0 bridgehead atoms. The maximum Gasteiger partial charge on any atom is 0.254 e. The molecule has 1 saturated heterocycles. The average Bonchev–Trinajstić information content (AvgIpc) is 2.83. The summed E-state index contributed by atoms with van der Waals surface area (Å²) < 4.78 is 0. The lowest BCUT2D eigenvalue weighted by molar-refractivity contribution is -0.184. The van der Waals surface area contributed by atoms with E-state index in [1.165, 1.54) is 10.8 Å². The Balaban J connectivity index is 1.62. The molecule has 4 heteroatoms. The molecule has 4 nitrogen and oxygen atoms in total. The van der Waals surface area contributed by atoms with Gasteiger partial charge >= 0.3 is 0 Å². The van der Waals surface area contributed by atoms with Crippen molar-refractivity contribution in [3.63, 3.8) is 0 Å². The zero-order valence-corrected chi connectivity index (χ0v) is 11.5. The molecule has 1 aliphatic heterocycles. The quantitative estimate of drug-likeness (QED) is 0.809. The van der Waals surface area contributed by atoms with Crippen molar-refractivity contribution < 1.29 is 14.4 Å². The van der Waals surface area contributed by atoms with E-state index in [-0.39, 0.29) is 31.3 Å². The van der Waals surface area contributed by atoms with Crippen LogP contribution in [-0.2, 0) is 14.4 Å². The zero-order valence-electron chi connectivity index (χ0n) is 11.5. The van der Waals surface area contributed by atoms with E-state index in [1.807, 2.05) is 24.3 Å². The fourth-order valence-corrected chi connectivity index (χ4v) is 2.31. The normalized spacial score (nSPS) is 15.5. The first kappa shape index (κ1) is 13.5. The minimum absolute atomic E-state index is 0.199. The van der Waals surface area contributed by atoms with Crippen LogP contribution in [0.15, 0.2) is 48.5 Å². The minimum atomic E-state index is -0.265. The topological polar surface area (TPSA) is 46.6 Å². The summed E-state index contributed by atoms with van der Waals surface area (Å²) in [6.45, 7) is 0.199. The Morgan fingerprint density at radius 3 is 2.48 bits per heavy atom. The lowest BCUT2D eigenvalue weighted by atomic mass is 10.1. The predicted octanol–water partition coefficient (Wildman–Crippen LogP) is 2.93. The second kappa shape index (κ2) is 5.89. The molecule has 0 atom stereocenters. The number of benzene rings is 2. The number of nitrogens with zero attached hydrogens (tertiary/aromatic N) is 1. The fourth-order valence-electron chi connectivity index (χ4n) is 2.31. The van der Waals surface area contributed by atoms with Crippen LogP contribution < -0.4 is 0 Å². The van der Waals surface area contributed by atoms with Gasteiger partial charge in [0.2, 0.25) is 0 Å². The van der Waals surface area contributed by atoms with Crippen molar-refractivity contribution in [2.45, 2.75) is 12.8 Å². The lowest BCUT2D eigenvalue weighted by Gasteiger charge is -2.11. The third-order valence-corrected chi connectivity index (χ3v) is 3.39. The number of hydrogen-bond acceptors (Lipinski definition) is 3. The van der Waals surface area contributed by atoms with Crippen molar-refractivity contribution in [2.75, 3.05) is 6.61 Å². The SMILES string of the molecule is O=C1CCC(=O)N1OC/C=C/c1ccc2ccccc2c1. The summed E-state index contributed by atoms with van der Waals surface area (Å²) in [5, 5.41) is 3.23. The molecule has 1 fully saturated rings. The number of hydrogen-bond donors (Lipinski definition) is 0. The van der Waals surface area contributed by atoms with Crippen molar-refractivity contribution in [1.29, 1.82) is 0 Å². The molecule has 3 rings (SSSR count). The van der Waals surface area contributed by atoms with E-state index in [2.05, 4.69) is 24.3 Å². The van der Waals surface area contributed by atoms with E-state index < -0.39 is 0 Å². The van der Waals surface area contributed by atoms with Gasteiger partial charge in [-0.25, -0.2) is 0 Å². The number of imide groups is 1. The molecule has 2 amide bonds. The molecule has 1 heterocycles. The highest BCUT2D eigenvalue weighted by Gasteiger charge is 2.29. The van der Waals surface area contributed by atoms with Gasteiger partial charge in [-0.15, -0.1) is 0 Å². The van der Waals surface area contributed by atoms with Crippen LogP contribution in [0.3, 0.4) is 0 Å². The molecular formula is C17H15NO3. The van der Waals surface area contributed by atoms with Crippen LogP contribution in [0.4, 0.5) is 0 Å². The molecule has 1 aliphatic rings. The van der Waals surface area contributed by atoms with E-state index in [0.29, 0.717) is 0 Å². The van der Waals surface area contributed by atoms with Gasteiger partial charge in [0.05, 0.1) is 6.61 Å². The summed E-state index contributed by atoms with van der Waals surface area (Å²) in [7, 11) is 0. The molecule has 0 saturated carbocycles. The first-order valence-corrected chi connectivity index (χ1v) is 6.88. The van der Waals surface area contributed by atoms with Crippen LogP contribution in [-0.4, -0.2) is 23.5 Å². The van der Waals surface area contributed by atoms with Gasteiger partial charge in [-0.3, -0.25) is 14.4 Å². The van der Waals surface area contributed by atoms with Crippen molar-refractivity contribution in [3.05, 3.63) is 54.1 Å². The van der Waals surface area contributed by atoms with Gasteiger partial charge in [0, 0.05) is 12.8 Å². The Hall–Kier alpha value is -2.46. The van der Waals surface area contributed by atoms with Gasteiger partial charge in [0.15, 0.2) is 0 Å². The molecule has 106 valence electrons. The van der Waals surface area contributed by atoms with E-state index in [9.17, 15) is 9.59 Å². The highest BCUT2D eigenvalue weighted by Crippen LogP contribution is 2.16. The fraction of sp³-hybridized carbons (Fsp3) is 0.176. The number of carbonyl (C=O) groups excluding carboxylic acids is 2. The summed E-state index contributed by atoms with van der Waals surface area (Å²) in [5.41, 5.74) is 1.05.